The fourth-order valence-corrected chi connectivity index (χ4v) is 5.59. The zero-order chi connectivity index (χ0) is 24.6. The van der Waals surface area contributed by atoms with Crippen LogP contribution in [0.4, 0.5) is 0 Å². The summed E-state index contributed by atoms with van der Waals surface area (Å²) in [7, 11) is 0. The molecule has 6 heteroatoms. The van der Waals surface area contributed by atoms with Crippen molar-refractivity contribution < 1.29 is 24.6 Å². The average molecular weight is 462 g/mol. The maximum Gasteiger partial charge on any atom is 0.306 e. The van der Waals surface area contributed by atoms with E-state index >= 15 is 0 Å². The van der Waals surface area contributed by atoms with Crippen LogP contribution in [0, 0.1) is 11.8 Å². The first-order valence-electron chi connectivity index (χ1n) is 12.4. The lowest BCUT2D eigenvalue weighted by Gasteiger charge is -2.55. The summed E-state index contributed by atoms with van der Waals surface area (Å²) in [5.41, 5.74) is 0.540. The highest BCUT2D eigenvalue weighted by Gasteiger charge is 2.49. The highest BCUT2D eigenvalue weighted by Crippen LogP contribution is 2.46. The predicted octanol–water partition coefficient (Wildman–Crippen LogP) is 6.46. The maximum absolute atomic E-state index is 12.2. The Bertz CT molecular complexity index is 743. The molecule has 0 saturated carbocycles. The summed E-state index contributed by atoms with van der Waals surface area (Å²) in [6, 6.07) is 10.2. The summed E-state index contributed by atoms with van der Waals surface area (Å²) in [6.45, 7) is 10.7. The summed E-state index contributed by atoms with van der Waals surface area (Å²) < 4.78 is 0. The Morgan fingerprint density at radius 1 is 0.970 bits per heavy atom. The van der Waals surface area contributed by atoms with E-state index in [4.69, 9.17) is 9.94 Å². The Morgan fingerprint density at radius 2 is 1.52 bits per heavy atom. The van der Waals surface area contributed by atoms with Crippen molar-refractivity contribution in [2.45, 2.75) is 110 Å². The zero-order valence-electron chi connectivity index (χ0n) is 21.0. The minimum absolute atomic E-state index is 0.0855. The summed E-state index contributed by atoms with van der Waals surface area (Å²) in [4.78, 5) is 29.3. The van der Waals surface area contributed by atoms with Crippen molar-refractivity contribution in [2.75, 3.05) is 0 Å². The fourth-order valence-electron chi connectivity index (χ4n) is 5.59. The van der Waals surface area contributed by atoms with Crippen molar-refractivity contribution in [3.63, 3.8) is 0 Å². The van der Waals surface area contributed by atoms with Crippen LogP contribution in [0.2, 0.25) is 0 Å². The molecule has 2 rings (SSSR count). The number of aliphatic carboxylic acids is 2. The van der Waals surface area contributed by atoms with E-state index < -0.39 is 11.9 Å². The molecule has 0 aliphatic carbocycles. The number of benzene rings is 1. The van der Waals surface area contributed by atoms with E-state index in [1.54, 1.807) is 0 Å². The summed E-state index contributed by atoms with van der Waals surface area (Å²) in [5.74, 6) is -1.73. The minimum atomic E-state index is -0.750. The van der Waals surface area contributed by atoms with Gasteiger partial charge in [0.2, 0.25) is 0 Å². The third-order valence-corrected chi connectivity index (χ3v) is 6.95. The topological polar surface area (TPSA) is 87.1 Å². The Morgan fingerprint density at radius 3 is 2.06 bits per heavy atom. The molecule has 1 fully saturated rings. The molecule has 0 spiro atoms. The molecule has 2 unspecified atom stereocenters. The van der Waals surface area contributed by atoms with Crippen molar-refractivity contribution in [2.24, 2.45) is 11.8 Å². The molecule has 0 amide bonds. The van der Waals surface area contributed by atoms with Gasteiger partial charge in [0.15, 0.2) is 0 Å². The number of piperidine rings is 1. The Kier molecular flexibility index (Phi) is 9.92. The first-order chi connectivity index (χ1) is 15.4. The van der Waals surface area contributed by atoms with Crippen molar-refractivity contribution in [3.8, 4) is 0 Å². The average Bonchev–Trinajstić information content (AvgIpc) is 2.72. The van der Waals surface area contributed by atoms with E-state index in [0.29, 0.717) is 12.8 Å². The third kappa shape index (κ3) is 8.11. The molecule has 33 heavy (non-hydrogen) atoms. The first kappa shape index (κ1) is 27.3. The van der Waals surface area contributed by atoms with Crippen LogP contribution in [-0.2, 0) is 14.4 Å². The smallest absolute Gasteiger partial charge is 0.306 e. The van der Waals surface area contributed by atoms with E-state index in [1.807, 2.05) is 18.2 Å². The van der Waals surface area contributed by atoms with Gasteiger partial charge in [0.25, 0.3) is 0 Å². The van der Waals surface area contributed by atoms with Gasteiger partial charge in [0, 0.05) is 17.5 Å². The van der Waals surface area contributed by atoms with Crippen LogP contribution in [0.1, 0.15) is 104 Å². The van der Waals surface area contributed by atoms with E-state index in [2.05, 4.69) is 51.8 Å². The van der Waals surface area contributed by atoms with Crippen LogP contribution in [0.15, 0.2) is 30.3 Å². The van der Waals surface area contributed by atoms with Gasteiger partial charge in [-0.25, -0.2) is 0 Å². The monoisotopic (exact) mass is 461 g/mol. The highest BCUT2D eigenvalue weighted by molar-refractivity contribution is 5.70. The Hall–Kier alpha value is -1.92. The van der Waals surface area contributed by atoms with Gasteiger partial charge in [-0.1, -0.05) is 56.0 Å². The zero-order valence-corrected chi connectivity index (χ0v) is 21.0. The number of hydroxylamine groups is 2. The fraction of sp³-hybridized carbons (Fsp3) is 0.704. The van der Waals surface area contributed by atoms with Crippen LogP contribution in [0.5, 0.6) is 0 Å². The largest absolute Gasteiger partial charge is 0.481 e. The highest BCUT2D eigenvalue weighted by atomic mass is 16.7. The van der Waals surface area contributed by atoms with Crippen molar-refractivity contribution in [1.29, 1.82) is 0 Å². The van der Waals surface area contributed by atoms with Gasteiger partial charge in [-0.05, 0) is 71.8 Å². The molecule has 6 nitrogen and oxygen atoms in total. The lowest BCUT2D eigenvalue weighted by atomic mass is 9.69. The number of nitrogens with zero attached hydrogens (tertiary/aromatic N) is 1. The number of hydrogen-bond donors (Lipinski definition) is 2. The SMILES string of the molecule is CC(ON1C(C)(C)CC(C(CCCCCCCC(=O)O)C(=O)O)CC1(C)C)c1ccccc1. The van der Waals surface area contributed by atoms with Crippen LogP contribution in [0.25, 0.3) is 0 Å². The predicted molar refractivity (Wildman–Crippen MR) is 130 cm³/mol. The van der Waals surface area contributed by atoms with Crippen molar-refractivity contribution in [3.05, 3.63) is 35.9 Å². The molecule has 1 aliphatic heterocycles. The molecular weight excluding hydrogens is 418 g/mol. The van der Waals surface area contributed by atoms with E-state index in [-0.39, 0.29) is 35.4 Å². The van der Waals surface area contributed by atoms with Gasteiger partial charge in [-0.15, -0.1) is 0 Å². The number of carboxylic acid groups (broad SMARTS) is 2. The van der Waals surface area contributed by atoms with E-state index in [9.17, 15) is 14.7 Å². The molecule has 2 atom stereocenters. The number of carbonyl (C=O) groups is 2. The lowest BCUT2D eigenvalue weighted by Crippen LogP contribution is -2.61. The molecule has 1 aliphatic rings. The lowest BCUT2D eigenvalue weighted by molar-refractivity contribution is -0.312. The molecule has 2 N–H and O–H groups in total. The van der Waals surface area contributed by atoms with Gasteiger partial charge < -0.3 is 10.2 Å². The van der Waals surface area contributed by atoms with Crippen LogP contribution >= 0.6 is 0 Å². The molecule has 0 radical (unpaired) electrons. The van der Waals surface area contributed by atoms with Gasteiger partial charge in [-0.3, -0.25) is 14.4 Å². The molecule has 1 heterocycles. The van der Waals surface area contributed by atoms with Gasteiger partial charge in [0.05, 0.1) is 5.92 Å². The summed E-state index contributed by atoms with van der Waals surface area (Å²) in [6.07, 6.45) is 6.70. The molecule has 1 aromatic carbocycles. The van der Waals surface area contributed by atoms with Crippen LogP contribution < -0.4 is 0 Å². The molecule has 0 aromatic heterocycles. The quantitative estimate of drug-likeness (QED) is 0.328. The summed E-state index contributed by atoms with van der Waals surface area (Å²) in [5, 5.41) is 20.9. The van der Waals surface area contributed by atoms with Gasteiger partial charge in [0.1, 0.15) is 6.10 Å². The van der Waals surface area contributed by atoms with Gasteiger partial charge >= 0.3 is 11.9 Å². The number of carboxylic acids is 2. The minimum Gasteiger partial charge on any atom is -0.481 e. The molecular formula is C27H43NO5. The Labute approximate surface area is 199 Å². The summed E-state index contributed by atoms with van der Waals surface area (Å²) >= 11 is 0. The number of rotatable bonds is 13. The Balaban J connectivity index is 1.98. The molecule has 1 saturated heterocycles. The number of hydrogen-bond acceptors (Lipinski definition) is 4. The van der Waals surface area contributed by atoms with E-state index in [0.717, 1.165) is 44.1 Å². The van der Waals surface area contributed by atoms with E-state index in [1.165, 1.54) is 0 Å². The second kappa shape index (κ2) is 12.0. The van der Waals surface area contributed by atoms with Crippen LogP contribution in [0.3, 0.4) is 0 Å². The maximum atomic E-state index is 12.2. The van der Waals surface area contributed by atoms with Crippen LogP contribution in [-0.4, -0.2) is 38.3 Å². The second-order valence-corrected chi connectivity index (χ2v) is 10.9. The standard InChI is InChI=1S/C27H43NO5/c1-20(21-14-10-9-11-15-21)33-28-26(2,3)18-22(19-27(28,4)5)23(25(31)32)16-12-7-6-8-13-17-24(29)30/h9-11,14-15,20,22-23H,6-8,12-13,16-19H2,1-5H3,(H,29,30)(H,31,32). The van der Waals surface area contributed by atoms with Crippen molar-refractivity contribution >= 4 is 11.9 Å². The second-order valence-electron chi connectivity index (χ2n) is 10.9. The van der Waals surface area contributed by atoms with Gasteiger partial charge in [-0.2, -0.15) is 5.06 Å². The molecule has 0 bridgehead atoms. The molecule has 186 valence electrons. The first-order valence-corrected chi connectivity index (χ1v) is 12.4. The third-order valence-electron chi connectivity index (χ3n) is 6.95. The molecule has 1 aromatic rings. The number of unbranched alkanes of at least 4 members (excludes halogenated alkanes) is 4. The van der Waals surface area contributed by atoms with Crippen molar-refractivity contribution in [1.82, 2.24) is 5.06 Å². The normalized spacial score (nSPS) is 20.3.